The molecule has 0 saturated heterocycles. The zero-order chi connectivity index (χ0) is 15.5. The monoisotopic (exact) mass is 301 g/mol. The molecule has 0 atom stereocenters. The first-order chi connectivity index (χ1) is 9.34. The molecule has 0 aromatic rings. The van der Waals surface area contributed by atoms with Crippen molar-refractivity contribution < 1.29 is 27.9 Å². The Balaban J connectivity index is 3.53. The third-order valence-corrected chi connectivity index (χ3v) is 3.16. The lowest BCUT2D eigenvalue weighted by atomic mass is 10.4. The van der Waals surface area contributed by atoms with Gasteiger partial charge in [0.1, 0.15) is 13.2 Å². The lowest BCUT2D eigenvalue weighted by Crippen LogP contribution is -2.24. The Hall–Kier alpha value is -1.44. The van der Waals surface area contributed by atoms with Gasteiger partial charge in [-0.3, -0.25) is 0 Å². The van der Waals surface area contributed by atoms with E-state index in [0.717, 1.165) is 0 Å². The van der Waals surface area contributed by atoms with Gasteiger partial charge in [-0.05, 0) is 20.4 Å². The first-order valence-electron chi connectivity index (χ1n) is 6.09. The Kier molecular flexibility index (Phi) is 9.61. The van der Waals surface area contributed by atoms with Gasteiger partial charge >= 0.3 is 21.2 Å². The minimum absolute atomic E-state index is 0.154. The van der Waals surface area contributed by atoms with Crippen LogP contribution in [0.2, 0.25) is 6.55 Å². The molecule has 0 aromatic carbocycles. The van der Waals surface area contributed by atoms with E-state index in [1.807, 2.05) is 0 Å². The summed E-state index contributed by atoms with van der Waals surface area (Å²) in [6.45, 7) is 12.7. The third-order valence-electron chi connectivity index (χ3n) is 1.94. The second-order valence-electron chi connectivity index (χ2n) is 4.02. The summed E-state index contributed by atoms with van der Waals surface area (Å²) in [5.74, 6) is -0.878. The molecule has 0 aliphatic heterocycles. The fourth-order valence-corrected chi connectivity index (χ4v) is 1.75. The van der Waals surface area contributed by atoms with Gasteiger partial charge in [0.05, 0.1) is 13.2 Å². The van der Waals surface area contributed by atoms with Crippen molar-refractivity contribution in [1.29, 1.82) is 0 Å². The summed E-state index contributed by atoms with van der Waals surface area (Å²) in [4.78, 5) is 22.1. The van der Waals surface area contributed by atoms with Gasteiger partial charge in [0.15, 0.2) is 0 Å². The zero-order valence-electron chi connectivity index (χ0n) is 12.2. The molecule has 0 bridgehead atoms. The summed E-state index contributed by atoms with van der Waals surface area (Å²) in [5, 5.41) is 0. The van der Waals surface area contributed by atoms with Crippen molar-refractivity contribution in [3.05, 3.63) is 24.3 Å². The predicted molar refractivity (Wildman–Crippen MR) is 75.1 cm³/mol. The topological polar surface area (TPSA) is 71.1 Å². The highest BCUT2D eigenvalue weighted by molar-refractivity contribution is 6.42. The highest BCUT2D eigenvalue weighted by Gasteiger charge is 2.10. The van der Waals surface area contributed by atoms with E-state index in [-0.39, 0.29) is 26.4 Å². The number of hydrogen-bond donors (Lipinski definition) is 0. The minimum atomic E-state index is -1.45. The molecule has 0 aliphatic rings. The van der Waals surface area contributed by atoms with Crippen molar-refractivity contribution in [2.75, 3.05) is 26.4 Å². The largest absolute Gasteiger partial charge is 0.460 e. The van der Waals surface area contributed by atoms with Crippen molar-refractivity contribution in [1.82, 2.24) is 0 Å². The summed E-state index contributed by atoms with van der Waals surface area (Å²) in [6.07, 6.45) is 0. The molecule has 0 rings (SSSR count). The average Bonchev–Trinajstić information content (AvgIpc) is 2.38. The van der Waals surface area contributed by atoms with Gasteiger partial charge in [-0.2, -0.15) is 0 Å². The van der Waals surface area contributed by atoms with Crippen molar-refractivity contribution in [3.8, 4) is 0 Å². The van der Waals surface area contributed by atoms with Crippen LogP contribution in [0, 0.1) is 0 Å². The van der Waals surface area contributed by atoms with E-state index < -0.39 is 21.2 Å². The molecule has 6 nitrogen and oxygen atoms in total. The van der Waals surface area contributed by atoms with Gasteiger partial charge < -0.3 is 18.3 Å². The SMILES string of the molecule is C=C(C)C(=O)OCCO[Si](C)OCCOC(=O)C(=C)C. The molecule has 0 saturated carbocycles. The highest BCUT2D eigenvalue weighted by atomic mass is 28.3. The zero-order valence-corrected chi connectivity index (χ0v) is 13.2. The maximum Gasteiger partial charge on any atom is 0.381 e. The van der Waals surface area contributed by atoms with Crippen LogP contribution in [0.25, 0.3) is 0 Å². The van der Waals surface area contributed by atoms with Crippen LogP contribution in [-0.4, -0.2) is 47.6 Å². The Bertz CT molecular complexity index is 332. The van der Waals surface area contributed by atoms with Gasteiger partial charge in [-0.25, -0.2) is 9.59 Å². The van der Waals surface area contributed by atoms with Gasteiger partial charge in [0.2, 0.25) is 0 Å². The number of carbonyl (C=O) groups excluding carboxylic acids is 2. The average molecular weight is 301 g/mol. The second kappa shape index (κ2) is 10.4. The number of esters is 2. The van der Waals surface area contributed by atoms with Crippen LogP contribution in [0.5, 0.6) is 0 Å². The smallest absolute Gasteiger partial charge is 0.381 e. The molecule has 0 heterocycles. The lowest BCUT2D eigenvalue weighted by Gasteiger charge is -2.12. The van der Waals surface area contributed by atoms with E-state index in [1.165, 1.54) is 0 Å². The maximum atomic E-state index is 11.1. The first kappa shape index (κ1) is 18.6. The molecule has 20 heavy (non-hydrogen) atoms. The Labute approximate surface area is 121 Å². The summed E-state index contributed by atoms with van der Waals surface area (Å²) in [6, 6.07) is 0. The molecular weight excluding hydrogens is 280 g/mol. The van der Waals surface area contributed by atoms with Crippen LogP contribution in [0.1, 0.15) is 13.8 Å². The van der Waals surface area contributed by atoms with Gasteiger partial charge in [-0.1, -0.05) is 13.2 Å². The van der Waals surface area contributed by atoms with Crippen LogP contribution >= 0.6 is 0 Å². The molecular formula is C13H21O6Si. The fourth-order valence-electron chi connectivity index (χ4n) is 0.928. The van der Waals surface area contributed by atoms with Crippen LogP contribution in [0.15, 0.2) is 24.3 Å². The lowest BCUT2D eigenvalue weighted by molar-refractivity contribution is -0.140. The molecule has 7 heteroatoms. The normalized spacial score (nSPS) is 10.2. The van der Waals surface area contributed by atoms with E-state index in [4.69, 9.17) is 18.3 Å². The van der Waals surface area contributed by atoms with E-state index in [0.29, 0.717) is 11.1 Å². The van der Waals surface area contributed by atoms with E-state index >= 15 is 0 Å². The summed E-state index contributed by atoms with van der Waals surface area (Å²) < 4.78 is 20.4. The Morgan fingerprint density at radius 3 is 1.50 bits per heavy atom. The van der Waals surface area contributed by atoms with Crippen LogP contribution in [0.4, 0.5) is 0 Å². The van der Waals surface area contributed by atoms with Crippen molar-refractivity contribution in [3.63, 3.8) is 0 Å². The molecule has 0 unspecified atom stereocenters. The van der Waals surface area contributed by atoms with E-state index in [2.05, 4.69) is 13.2 Å². The maximum absolute atomic E-state index is 11.1. The molecule has 0 N–H and O–H groups in total. The van der Waals surface area contributed by atoms with Crippen molar-refractivity contribution in [2.45, 2.75) is 20.4 Å². The molecule has 1 radical (unpaired) electrons. The number of carbonyl (C=O) groups is 2. The molecule has 0 fully saturated rings. The molecule has 0 aromatic heterocycles. The fraction of sp³-hybridized carbons (Fsp3) is 0.538. The van der Waals surface area contributed by atoms with Crippen molar-refractivity contribution >= 4 is 21.2 Å². The summed E-state index contributed by atoms with van der Waals surface area (Å²) in [5.41, 5.74) is 0.699. The standard InChI is InChI=1S/C13H21O6Si/c1-10(2)12(14)16-6-8-18-20(5)19-9-7-17-13(15)11(3)4/h1,3,6-9H2,2,4-5H3. The van der Waals surface area contributed by atoms with Crippen LogP contribution in [0.3, 0.4) is 0 Å². The number of rotatable bonds is 10. The number of hydrogen-bond acceptors (Lipinski definition) is 6. The van der Waals surface area contributed by atoms with Crippen LogP contribution in [-0.2, 0) is 27.9 Å². The van der Waals surface area contributed by atoms with Crippen molar-refractivity contribution in [2.24, 2.45) is 0 Å². The highest BCUT2D eigenvalue weighted by Crippen LogP contribution is 1.95. The minimum Gasteiger partial charge on any atom is -0.460 e. The molecule has 113 valence electrons. The van der Waals surface area contributed by atoms with Gasteiger partial charge in [0.25, 0.3) is 0 Å². The molecule has 0 aliphatic carbocycles. The van der Waals surface area contributed by atoms with E-state index in [1.54, 1.807) is 20.4 Å². The number of ether oxygens (including phenoxy) is 2. The predicted octanol–water partition coefficient (Wildman–Crippen LogP) is 1.38. The quantitative estimate of drug-likeness (QED) is 0.263. The first-order valence-corrected chi connectivity index (χ1v) is 7.90. The Morgan fingerprint density at radius 2 is 1.20 bits per heavy atom. The van der Waals surface area contributed by atoms with Crippen LogP contribution < -0.4 is 0 Å². The third kappa shape index (κ3) is 9.48. The summed E-state index contributed by atoms with van der Waals surface area (Å²) in [7, 11) is -1.45. The molecule has 0 amide bonds. The molecule has 0 spiro atoms. The van der Waals surface area contributed by atoms with E-state index in [9.17, 15) is 9.59 Å². The Morgan fingerprint density at radius 1 is 0.850 bits per heavy atom. The van der Waals surface area contributed by atoms with Gasteiger partial charge in [-0.15, -0.1) is 0 Å². The second-order valence-corrected chi connectivity index (χ2v) is 5.58. The summed E-state index contributed by atoms with van der Waals surface area (Å²) >= 11 is 0. The van der Waals surface area contributed by atoms with Gasteiger partial charge in [0, 0.05) is 11.1 Å².